The van der Waals surface area contributed by atoms with E-state index in [0.29, 0.717) is 6.54 Å². The molecule has 1 aliphatic heterocycles. The number of nitrogens with zero attached hydrogens (tertiary/aromatic N) is 1. The number of rotatable bonds is 3. The molecule has 0 unspecified atom stereocenters. The lowest BCUT2D eigenvalue weighted by molar-refractivity contribution is -0.900. The van der Waals surface area contributed by atoms with Gasteiger partial charge in [-0.25, -0.2) is 5.43 Å². The summed E-state index contributed by atoms with van der Waals surface area (Å²) in [5.74, 6) is -0.0227. The summed E-state index contributed by atoms with van der Waals surface area (Å²) in [5.41, 5.74) is 3.56. The van der Waals surface area contributed by atoms with Crippen LogP contribution in [0.15, 0.2) is 5.10 Å². The number of amides is 1. The topological polar surface area (TPSA) is 55.1 Å². The first kappa shape index (κ1) is 14.1. The number of nitrogens with one attached hydrogen (secondary N) is 2. The summed E-state index contributed by atoms with van der Waals surface area (Å²) < 4.78 is 5.24. The lowest BCUT2D eigenvalue weighted by atomic mass is 9.91. The zero-order valence-corrected chi connectivity index (χ0v) is 11.3. The molecule has 1 heterocycles. The van der Waals surface area contributed by atoms with Crippen molar-refractivity contribution in [2.75, 3.05) is 32.8 Å². The highest BCUT2D eigenvalue weighted by Gasteiger charge is 2.18. The fraction of sp³-hybridized carbons (Fsp3) is 0.833. The van der Waals surface area contributed by atoms with Gasteiger partial charge >= 0.3 is 0 Å². The second-order valence-corrected chi connectivity index (χ2v) is 5.52. The molecule has 1 fully saturated rings. The van der Waals surface area contributed by atoms with E-state index in [-0.39, 0.29) is 11.3 Å². The minimum atomic E-state index is -0.0227. The van der Waals surface area contributed by atoms with Gasteiger partial charge in [0.25, 0.3) is 5.91 Å². The highest BCUT2D eigenvalue weighted by Crippen LogP contribution is 2.14. The summed E-state index contributed by atoms with van der Waals surface area (Å²) in [7, 11) is 0. The van der Waals surface area contributed by atoms with Crippen molar-refractivity contribution in [1.29, 1.82) is 0 Å². The molecular weight excluding hydrogens is 218 g/mol. The van der Waals surface area contributed by atoms with Crippen LogP contribution in [-0.4, -0.2) is 44.5 Å². The predicted octanol–water partition coefficient (Wildman–Crippen LogP) is -0.560. The molecule has 5 nitrogen and oxygen atoms in total. The number of quaternary nitrogens is 1. The molecule has 98 valence electrons. The Kier molecular flexibility index (Phi) is 5.08. The molecule has 1 rings (SSSR count). The lowest BCUT2D eigenvalue weighted by Crippen LogP contribution is -3.15. The zero-order chi connectivity index (χ0) is 12.9. The van der Waals surface area contributed by atoms with E-state index in [4.69, 9.17) is 4.74 Å². The smallest absolute Gasteiger partial charge is 0.295 e. The fourth-order valence-electron chi connectivity index (χ4n) is 1.42. The third kappa shape index (κ3) is 5.28. The predicted molar refractivity (Wildman–Crippen MR) is 67.1 cm³/mol. The number of hydrogen-bond donors (Lipinski definition) is 2. The quantitative estimate of drug-likeness (QED) is 0.515. The molecule has 0 aromatic carbocycles. The Morgan fingerprint density at radius 1 is 1.35 bits per heavy atom. The molecule has 0 aromatic heterocycles. The van der Waals surface area contributed by atoms with Crippen LogP contribution < -0.4 is 10.3 Å². The van der Waals surface area contributed by atoms with E-state index in [2.05, 4.69) is 31.3 Å². The molecule has 5 heteroatoms. The van der Waals surface area contributed by atoms with E-state index >= 15 is 0 Å². The summed E-state index contributed by atoms with van der Waals surface area (Å²) in [6.45, 7) is 11.9. The first-order chi connectivity index (χ1) is 7.89. The molecule has 2 N–H and O–H groups in total. The Morgan fingerprint density at radius 2 is 1.94 bits per heavy atom. The maximum absolute atomic E-state index is 11.7. The Labute approximate surface area is 103 Å². The van der Waals surface area contributed by atoms with Crippen LogP contribution in [0.2, 0.25) is 0 Å². The summed E-state index contributed by atoms with van der Waals surface area (Å²) in [5, 5.41) is 4.13. The standard InChI is InChI=1S/C12H23N3O2/c1-10(12(2,3)4)13-14-11(16)9-15-5-7-17-8-6-15/h5-9H2,1-4H3,(H,14,16)/p+1/b13-10-. The molecule has 0 aliphatic carbocycles. The third-order valence-corrected chi connectivity index (χ3v) is 3.04. The molecule has 0 radical (unpaired) electrons. The molecule has 0 atom stereocenters. The van der Waals surface area contributed by atoms with Gasteiger partial charge in [0.1, 0.15) is 13.1 Å². The Hall–Kier alpha value is -0.940. The van der Waals surface area contributed by atoms with Crippen molar-refractivity contribution in [3.8, 4) is 0 Å². The Bertz CT molecular complexity index is 289. The SMILES string of the molecule is C/C(=N/NC(=O)C[NH+]1CCOCC1)C(C)(C)C. The number of carbonyl (C=O) groups excluding carboxylic acids is 1. The largest absolute Gasteiger partial charge is 0.370 e. The number of hydrazone groups is 1. The van der Waals surface area contributed by atoms with Gasteiger partial charge < -0.3 is 9.64 Å². The van der Waals surface area contributed by atoms with Gasteiger partial charge in [-0.2, -0.15) is 5.10 Å². The highest BCUT2D eigenvalue weighted by molar-refractivity contribution is 5.88. The fourth-order valence-corrected chi connectivity index (χ4v) is 1.42. The Morgan fingerprint density at radius 3 is 2.47 bits per heavy atom. The van der Waals surface area contributed by atoms with Crippen LogP contribution in [-0.2, 0) is 9.53 Å². The van der Waals surface area contributed by atoms with Gasteiger partial charge in [-0.15, -0.1) is 0 Å². The second kappa shape index (κ2) is 6.12. The molecule has 0 saturated carbocycles. The van der Waals surface area contributed by atoms with Crippen molar-refractivity contribution >= 4 is 11.6 Å². The molecule has 1 saturated heterocycles. The van der Waals surface area contributed by atoms with Gasteiger partial charge in [0.2, 0.25) is 0 Å². The van der Waals surface area contributed by atoms with E-state index < -0.39 is 0 Å². The van der Waals surface area contributed by atoms with Crippen molar-refractivity contribution in [2.45, 2.75) is 27.7 Å². The van der Waals surface area contributed by atoms with Crippen molar-refractivity contribution < 1.29 is 14.4 Å². The van der Waals surface area contributed by atoms with Gasteiger partial charge in [-0.3, -0.25) is 4.79 Å². The summed E-state index contributed by atoms with van der Waals surface area (Å²) in [6.07, 6.45) is 0. The summed E-state index contributed by atoms with van der Waals surface area (Å²) in [4.78, 5) is 12.9. The van der Waals surface area contributed by atoms with Gasteiger partial charge in [0.05, 0.1) is 13.2 Å². The first-order valence-corrected chi connectivity index (χ1v) is 6.14. The number of morpholine rings is 1. The molecule has 1 amide bonds. The molecule has 1 aliphatic rings. The van der Waals surface area contributed by atoms with Crippen LogP contribution in [0.4, 0.5) is 0 Å². The van der Waals surface area contributed by atoms with Gasteiger partial charge in [-0.1, -0.05) is 20.8 Å². The molecule has 0 bridgehead atoms. The molecule has 0 spiro atoms. The average Bonchev–Trinajstić information content (AvgIpc) is 2.26. The number of hydrogen-bond acceptors (Lipinski definition) is 3. The number of ether oxygens (including phenoxy) is 1. The van der Waals surface area contributed by atoms with Crippen molar-refractivity contribution in [1.82, 2.24) is 5.43 Å². The first-order valence-electron chi connectivity index (χ1n) is 6.14. The highest BCUT2D eigenvalue weighted by atomic mass is 16.5. The minimum Gasteiger partial charge on any atom is -0.370 e. The third-order valence-electron chi connectivity index (χ3n) is 3.04. The second-order valence-electron chi connectivity index (χ2n) is 5.52. The summed E-state index contributed by atoms with van der Waals surface area (Å²) in [6, 6.07) is 0. The lowest BCUT2D eigenvalue weighted by Gasteiger charge is -2.23. The summed E-state index contributed by atoms with van der Waals surface area (Å²) >= 11 is 0. The van der Waals surface area contributed by atoms with Crippen LogP contribution in [0.1, 0.15) is 27.7 Å². The zero-order valence-electron chi connectivity index (χ0n) is 11.3. The van der Waals surface area contributed by atoms with Crippen molar-refractivity contribution in [2.24, 2.45) is 10.5 Å². The van der Waals surface area contributed by atoms with Crippen LogP contribution in [0.5, 0.6) is 0 Å². The molecule has 0 aromatic rings. The van der Waals surface area contributed by atoms with Gasteiger partial charge in [0, 0.05) is 11.1 Å². The van der Waals surface area contributed by atoms with Gasteiger partial charge in [-0.05, 0) is 6.92 Å². The maximum Gasteiger partial charge on any atom is 0.295 e. The van der Waals surface area contributed by atoms with E-state index in [9.17, 15) is 4.79 Å². The van der Waals surface area contributed by atoms with E-state index in [0.717, 1.165) is 32.0 Å². The number of carbonyl (C=O) groups is 1. The minimum absolute atomic E-state index is 0.000892. The molecule has 17 heavy (non-hydrogen) atoms. The van der Waals surface area contributed by atoms with Gasteiger partial charge in [0.15, 0.2) is 6.54 Å². The Balaban J connectivity index is 2.34. The van der Waals surface area contributed by atoms with Crippen molar-refractivity contribution in [3.63, 3.8) is 0 Å². The van der Waals surface area contributed by atoms with E-state index in [1.54, 1.807) is 0 Å². The van der Waals surface area contributed by atoms with Crippen LogP contribution in [0.3, 0.4) is 0 Å². The molecular formula is C12H24N3O2+. The van der Waals surface area contributed by atoms with Crippen LogP contribution >= 0.6 is 0 Å². The average molecular weight is 242 g/mol. The monoisotopic (exact) mass is 242 g/mol. The van der Waals surface area contributed by atoms with Crippen LogP contribution in [0, 0.1) is 5.41 Å². The normalized spacial score (nSPS) is 19.2. The van der Waals surface area contributed by atoms with E-state index in [1.165, 1.54) is 4.90 Å². The van der Waals surface area contributed by atoms with Crippen LogP contribution in [0.25, 0.3) is 0 Å². The van der Waals surface area contributed by atoms with E-state index in [1.807, 2.05) is 6.92 Å². The maximum atomic E-state index is 11.7. The van der Waals surface area contributed by atoms with Crippen molar-refractivity contribution in [3.05, 3.63) is 0 Å².